The molecule has 2 fully saturated rings. The summed E-state index contributed by atoms with van der Waals surface area (Å²) in [6, 6.07) is 7.67. The van der Waals surface area contributed by atoms with E-state index in [1.54, 1.807) is 12.0 Å². The van der Waals surface area contributed by atoms with E-state index in [4.69, 9.17) is 4.74 Å². The number of carbonyl (C=O) groups excluding carboxylic acids is 2. The maximum absolute atomic E-state index is 12.1. The van der Waals surface area contributed by atoms with Gasteiger partial charge in [0.15, 0.2) is 0 Å². The first-order valence-corrected chi connectivity index (χ1v) is 6.92. The number of nitrogens with one attached hydrogen (secondary N) is 1. The van der Waals surface area contributed by atoms with Crippen molar-refractivity contribution in [1.29, 1.82) is 0 Å². The number of anilines is 1. The summed E-state index contributed by atoms with van der Waals surface area (Å²) < 4.78 is 5.10. The summed E-state index contributed by atoms with van der Waals surface area (Å²) >= 11 is 0. The smallest absolute Gasteiger partial charge is 0.227 e. The van der Waals surface area contributed by atoms with E-state index in [0.29, 0.717) is 19.0 Å². The molecule has 5 nitrogen and oxygen atoms in total. The van der Waals surface area contributed by atoms with Crippen LogP contribution < -0.4 is 15.0 Å². The molecule has 106 valence electrons. The zero-order valence-electron chi connectivity index (χ0n) is 11.5. The van der Waals surface area contributed by atoms with Crippen LogP contribution in [0, 0.1) is 5.92 Å². The Kier molecular flexibility index (Phi) is 3.34. The van der Waals surface area contributed by atoms with E-state index in [0.717, 1.165) is 24.3 Å². The maximum atomic E-state index is 12.1. The van der Waals surface area contributed by atoms with Gasteiger partial charge in [-0.2, -0.15) is 0 Å². The zero-order chi connectivity index (χ0) is 14.1. The van der Waals surface area contributed by atoms with Crippen molar-refractivity contribution in [3.8, 4) is 5.75 Å². The minimum Gasteiger partial charge on any atom is -0.497 e. The predicted molar refractivity (Wildman–Crippen MR) is 74.6 cm³/mol. The van der Waals surface area contributed by atoms with Gasteiger partial charge in [-0.05, 0) is 37.1 Å². The molecule has 1 saturated heterocycles. The van der Waals surface area contributed by atoms with Crippen molar-refractivity contribution >= 4 is 17.5 Å². The summed E-state index contributed by atoms with van der Waals surface area (Å²) in [5.41, 5.74) is 0.817. The van der Waals surface area contributed by atoms with Gasteiger partial charge in [-0.3, -0.25) is 9.59 Å². The Balaban J connectivity index is 1.67. The van der Waals surface area contributed by atoms with Gasteiger partial charge >= 0.3 is 0 Å². The minimum absolute atomic E-state index is 0.00566. The molecule has 0 spiro atoms. The second-order valence-corrected chi connectivity index (χ2v) is 5.39. The Morgan fingerprint density at radius 3 is 2.60 bits per heavy atom. The van der Waals surface area contributed by atoms with E-state index in [2.05, 4.69) is 5.32 Å². The highest BCUT2D eigenvalue weighted by atomic mass is 16.5. The molecule has 5 heteroatoms. The molecule has 2 aliphatic rings. The Morgan fingerprint density at radius 1 is 1.30 bits per heavy atom. The van der Waals surface area contributed by atoms with E-state index in [1.807, 2.05) is 24.3 Å². The summed E-state index contributed by atoms with van der Waals surface area (Å²) in [5, 5.41) is 2.97. The molecule has 1 aliphatic heterocycles. The van der Waals surface area contributed by atoms with Crippen LogP contribution in [0.5, 0.6) is 5.75 Å². The van der Waals surface area contributed by atoms with Gasteiger partial charge in [0, 0.05) is 24.7 Å². The van der Waals surface area contributed by atoms with Crippen molar-refractivity contribution in [1.82, 2.24) is 5.32 Å². The molecule has 0 bridgehead atoms. The third kappa shape index (κ3) is 2.61. The topological polar surface area (TPSA) is 58.6 Å². The average Bonchev–Trinajstić information content (AvgIpc) is 3.19. The van der Waals surface area contributed by atoms with Crippen molar-refractivity contribution < 1.29 is 14.3 Å². The van der Waals surface area contributed by atoms with Gasteiger partial charge in [-0.1, -0.05) is 0 Å². The van der Waals surface area contributed by atoms with Crippen LogP contribution in [-0.2, 0) is 9.59 Å². The third-order valence-corrected chi connectivity index (χ3v) is 3.80. The zero-order valence-corrected chi connectivity index (χ0v) is 11.5. The molecule has 0 radical (unpaired) electrons. The van der Waals surface area contributed by atoms with Crippen LogP contribution in [0.15, 0.2) is 24.3 Å². The van der Waals surface area contributed by atoms with Crippen LogP contribution in [0.25, 0.3) is 0 Å². The number of nitrogens with zero attached hydrogens (tertiary/aromatic N) is 1. The fourth-order valence-electron chi connectivity index (χ4n) is 2.44. The first-order chi connectivity index (χ1) is 9.67. The van der Waals surface area contributed by atoms with Crippen LogP contribution in [-0.4, -0.2) is 31.5 Å². The van der Waals surface area contributed by atoms with Crippen molar-refractivity contribution in [2.45, 2.75) is 25.3 Å². The molecule has 1 aromatic carbocycles. The monoisotopic (exact) mass is 274 g/mol. The normalized spacial score (nSPS) is 21.9. The summed E-state index contributed by atoms with van der Waals surface area (Å²) in [7, 11) is 1.61. The second kappa shape index (κ2) is 5.15. The molecule has 1 N–H and O–H groups in total. The van der Waals surface area contributed by atoms with E-state index < -0.39 is 0 Å². The fourth-order valence-corrected chi connectivity index (χ4v) is 2.44. The summed E-state index contributed by atoms with van der Waals surface area (Å²) in [6.07, 6.45) is 2.42. The van der Waals surface area contributed by atoms with Crippen LogP contribution >= 0.6 is 0 Å². The number of carbonyl (C=O) groups is 2. The number of amides is 2. The van der Waals surface area contributed by atoms with Gasteiger partial charge in [-0.15, -0.1) is 0 Å². The third-order valence-electron chi connectivity index (χ3n) is 3.80. The molecule has 0 aromatic heterocycles. The lowest BCUT2D eigenvalue weighted by molar-refractivity contribution is -0.126. The lowest BCUT2D eigenvalue weighted by atomic mass is 10.1. The van der Waals surface area contributed by atoms with Gasteiger partial charge in [0.05, 0.1) is 13.0 Å². The first kappa shape index (κ1) is 13.0. The van der Waals surface area contributed by atoms with Gasteiger partial charge in [0.2, 0.25) is 11.8 Å². The SMILES string of the molecule is COc1ccc(N2C[C@H](C(=O)NC3CC3)CC2=O)cc1. The Bertz CT molecular complexity index is 522. The van der Waals surface area contributed by atoms with E-state index in [-0.39, 0.29) is 17.7 Å². The van der Waals surface area contributed by atoms with Crippen LogP contribution in [0.1, 0.15) is 19.3 Å². The lowest BCUT2D eigenvalue weighted by Gasteiger charge is -2.17. The Hall–Kier alpha value is -2.04. The molecule has 2 amide bonds. The van der Waals surface area contributed by atoms with Crippen molar-refractivity contribution in [3.63, 3.8) is 0 Å². The van der Waals surface area contributed by atoms with Gasteiger partial charge < -0.3 is 15.0 Å². The molecular weight excluding hydrogens is 256 g/mol. The van der Waals surface area contributed by atoms with E-state index in [1.165, 1.54) is 0 Å². The van der Waals surface area contributed by atoms with Crippen molar-refractivity contribution in [3.05, 3.63) is 24.3 Å². The molecule has 1 saturated carbocycles. The molecule has 1 atom stereocenters. The lowest BCUT2D eigenvalue weighted by Crippen LogP contribution is -2.34. The minimum atomic E-state index is -0.231. The predicted octanol–water partition coefficient (Wildman–Crippen LogP) is 1.33. The number of rotatable bonds is 4. The quantitative estimate of drug-likeness (QED) is 0.901. The number of benzene rings is 1. The highest BCUT2D eigenvalue weighted by Crippen LogP contribution is 2.28. The number of hydrogen-bond donors (Lipinski definition) is 1. The molecule has 1 heterocycles. The van der Waals surface area contributed by atoms with Crippen molar-refractivity contribution in [2.24, 2.45) is 5.92 Å². The van der Waals surface area contributed by atoms with Crippen LogP contribution in [0.4, 0.5) is 5.69 Å². The summed E-state index contributed by atoms with van der Waals surface area (Å²) in [6.45, 7) is 0.462. The summed E-state index contributed by atoms with van der Waals surface area (Å²) in [5.74, 6) is 0.539. The van der Waals surface area contributed by atoms with Crippen LogP contribution in [0.2, 0.25) is 0 Å². The maximum Gasteiger partial charge on any atom is 0.227 e. The molecule has 1 aliphatic carbocycles. The van der Waals surface area contributed by atoms with Gasteiger partial charge in [0.25, 0.3) is 0 Å². The first-order valence-electron chi connectivity index (χ1n) is 6.92. The molecule has 1 aromatic rings. The standard InChI is InChI=1S/C15H18N2O3/c1-20-13-6-4-12(5-7-13)17-9-10(8-14(17)18)15(19)16-11-2-3-11/h4-7,10-11H,2-3,8-9H2,1H3,(H,16,19)/t10-/m1/s1. The molecule has 3 rings (SSSR count). The molecule has 20 heavy (non-hydrogen) atoms. The number of methoxy groups -OCH3 is 1. The van der Waals surface area contributed by atoms with Crippen molar-refractivity contribution in [2.75, 3.05) is 18.6 Å². The van der Waals surface area contributed by atoms with Gasteiger partial charge in [-0.25, -0.2) is 0 Å². The summed E-state index contributed by atoms with van der Waals surface area (Å²) in [4.78, 5) is 25.7. The Morgan fingerprint density at radius 2 is 2.00 bits per heavy atom. The Labute approximate surface area is 117 Å². The largest absolute Gasteiger partial charge is 0.497 e. The number of ether oxygens (including phenoxy) is 1. The highest BCUT2D eigenvalue weighted by molar-refractivity contribution is 6.00. The van der Waals surface area contributed by atoms with E-state index in [9.17, 15) is 9.59 Å². The number of hydrogen-bond acceptors (Lipinski definition) is 3. The highest BCUT2D eigenvalue weighted by Gasteiger charge is 2.37. The fraction of sp³-hybridized carbons (Fsp3) is 0.467. The van der Waals surface area contributed by atoms with E-state index >= 15 is 0 Å². The second-order valence-electron chi connectivity index (χ2n) is 5.39. The average molecular weight is 274 g/mol. The molecule has 0 unspecified atom stereocenters. The molecular formula is C15H18N2O3. The van der Waals surface area contributed by atoms with Gasteiger partial charge in [0.1, 0.15) is 5.75 Å². The van der Waals surface area contributed by atoms with Crippen LogP contribution in [0.3, 0.4) is 0 Å².